The van der Waals surface area contributed by atoms with Crippen LogP contribution < -0.4 is 0 Å². The topological polar surface area (TPSA) is 6.25 Å². The summed E-state index contributed by atoms with van der Waals surface area (Å²) in [5, 5.41) is 0. The van der Waals surface area contributed by atoms with Crippen LogP contribution in [0.2, 0.25) is 0 Å². The summed E-state index contributed by atoms with van der Waals surface area (Å²) < 4.78 is 2.59. The normalized spacial score (nSPS) is 37.7. The third kappa shape index (κ3) is 3.45. The molecule has 0 spiro atoms. The van der Waals surface area contributed by atoms with Crippen molar-refractivity contribution in [2.75, 3.05) is 14.1 Å². The Morgan fingerprint density at radius 3 is 2.17 bits per heavy atom. The molecule has 160 valence electrons. The van der Waals surface area contributed by atoms with Crippen LogP contribution >= 0.6 is 0 Å². The van der Waals surface area contributed by atoms with Crippen LogP contribution in [-0.4, -0.2) is 41.4 Å². The van der Waals surface area contributed by atoms with Gasteiger partial charge < -0.3 is 4.90 Å². The Balaban J connectivity index is 1.49. The van der Waals surface area contributed by atoms with Crippen LogP contribution in [0.25, 0.3) is 0 Å². The van der Waals surface area contributed by atoms with Crippen molar-refractivity contribution in [3.05, 3.63) is 36.1 Å². The van der Waals surface area contributed by atoms with E-state index in [-0.39, 0.29) is 0 Å². The van der Waals surface area contributed by atoms with Crippen LogP contribution in [0.1, 0.15) is 79.1 Å². The lowest BCUT2D eigenvalue weighted by molar-refractivity contribution is -0.538. The molecule has 0 radical (unpaired) electrons. The minimum Gasteiger partial charge on any atom is -0.374 e. The molecule has 29 heavy (non-hydrogen) atoms. The molecule has 2 aliphatic heterocycles. The predicted octanol–water partition coefficient (Wildman–Crippen LogP) is 6.20. The molecule has 4 unspecified atom stereocenters. The fourth-order valence-electron chi connectivity index (χ4n) is 7.50. The minimum atomic E-state index is 0.298. The van der Waals surface area contributed by atoms with Gasteiger partial charge in [-0.05, 0) is 51.5 Å². The number of allylic oxidation sites excluding steroid dienone is 6. The van der Waals surface area contributed by atoms with Gasteiger partial charge in [0, 0.05) is 42.6 Å². The number of fused-ring (bicyclic) bond motifs is 2. The summed E-state index contributed by atoms with van der Waals surface area (Å²) in [6.45, 7) is 9.84. The monoisotopic (exact) mass is 395 g/mol. The van der Waals surface area contributed by atoms with Gasteiger partial charge >= 0.3 is 0 Å². The largest absolute Gasteiger partial charge is 0.374 e. The number of hydrogen-bond donors (Lipinski definition) is 0. The van der Waals surface area contributed by atoms with Crippen molar-refractivity contribution in [2.45, 2.75) is 91.1 Å². The first-order valence-corrected chi connectivity index (χ1v) is 12.1. The number of likely N-dealkylation sites (tertiary alicyclic amines) is 1. The fourth-order valence-corrected chi connectivity index (χ4v) is 7.50. The molecule has 0 aromatic heterocycles. The van der Waals surface area contributed by atoms with Crippen molar-refractivity contribution in [2.24, 2.45) is 22.7 Å². The van der Waals surface area contributed by atoms with E-state index in [0.29, 0.717) is 10.8 Å². The molecule has 1 saturated heterocycles. The Kier molecular flexibility index (Phi) is 5.59. The highest BCUT2D eigenvalue weighted by Crippen LogP contribution is 2.52. The zero-order valence-electron chi connectivity index (χ0n) is 19.7. The molecule has 3 fully saturated rings. The Morgan fingerprint density at radius 1 is 0.828 bits per heavy atom. The van der Waals surface area contributed by atoms with Gasteiger partial charge in [-0.15, -0.1) is 0 Å². The predicted molar refractivity (Wildman–Crippen MR) is 124 cm³/mol. The van der Waals surface area contributed by atoms with Gasteiger partial charge in [-0.3, -0.25) is 0 Å². The van der Waals surface area contributed by atoms with Crippen molar-refractivity contribution in [1.29, 1.82) is 0 Å². The third-order valence-electron chi connectivity index (χ3n) is 9.12. The molecule has 0 amide bonds. The quantitative estimate of drug-likeness (QED) is 0.407. The molecule has 2 heteroatoms. The van der Waals surface area contributed by atoms with Gasteiger partial charge in [0.05, 0.1) is 5.41 Å². The van der Waals surface area contributed by atoms with Gasteiger partial charge in [0.2, 0.25) is 0 Å². The summed E-state index contributed by atoms with van der Waals surface area (Å²) in [6.07, 6.45) is 22.7. The second-order valence-electron chi connectivity index (χ2n) is 11.3. The smallest absolute Gasteiger partial charge is 0.182 e. The molecule has 0 aromatic rings. The third-order valence-corrected chi connectivity index (χ3v) is 9.12. The second-order valence-corrected chi connectivity index (χ2v) is 11.3. The molecule has 2 nitrogen and oxygen atoms in total. The molecule has 0 bridgehead atoms. The summed E-state index contributed by atoms with van der Waals surface area (Å²) in [6, 6.07) is 1.50. The SMILES string of the molecule is CN1/C(=C/C=C/C=C/C2=[N+](C)C3CCCCC3C2(C)C)C(C)(C)C2CCCCC21. The zero-order chi connectivity index (χ0) is 20.8. The molecule has 2 aliphatic carbocycles. The standard InChI is InChI=1S/C27H43N2/c1-26(2)20-14-10-12-16-22(20)28(5)24(26)18-8-7-9-19-25-27(3,4)21-15-11-13-17-23(21)29(25)6/h7-9,18-23H,10-17H2,1-6H3/q+1. The van der Waals surface area contributed by atoms with E-state index in [1.165, 1.54) is 62.8 Å². The molecule has 4 rings (SSSR count). The molecule has 4 aliphatic rings. The van der Waals surface area contributed by atoms with E-state index in [1.54, 1.807) is 0 Å². The summed E-state index contributed by atoms with van der Waals surface area (Å²) >= 11 is 0. The Bertz CT molecular complexity index is 748. The lowest BCUT2D eigenvalue weighted by Gasteiger charge is -2.33. The molecule has 4 atom stereocenters. The first kappa shape index (κ1) is 20.9. The molecule has 2 saturated carbocycles. The molecular weight excluding hydrogens is 352 g/mol. The Morgan fingerprint density at radius 2 is 1.48 bits per heavy atom. The lowest BCUT2D eigenvalue weighted by Crippen LogP contribution is -2.34. The second kappa shape index (κ2) is 7.75. The van der Waals surface area contributed by atoms with Crippen molar-refractivity contribution in [1.82, 2.24) is 4.90 Å². The summed E-state index contributed by atoms with van der Waals surface area (Å²) in [7, 11) is 4.64. The van der Waals surface area contributed by atoms with Gasteiger partial charge in [-0.2, -0.15) is 0 Å². The van der Waals surface area contributed by atoms with E-state index >= 15 is 0 Å². The van der Waals surface area contributed by atoms with E-state index in [2.05, 4.69) is 81.6 Å². The van der Waals surface area contributed by atoms with Crippen LogP contribution in [0.4, 0.5) is 0 Å². The summed E-state index contributed by atoms with van der Waals surface area (Å²) in [5.74, 6) is 1.64. The van der Waals surface area contributed by atoms with Gasteiger partial charge in [0.15, 0.2) is 11.8 Å². The van der Waals surface area contributed by atoms with Gasteiger partial charge in [0.25, 0.3) is 0 Å². The molecule has 0 aromatic carbocycles. The number of nitrogens with zero attached hydrogens (tertiary/aromatic N) is 2. The van der Waals surface area contributed by atoms with Crippen LogP contribution in [0.15, 0.2) is 36.1 Å². The highest BCUT2D eigenvalue weighted by molar-refractivity contribution is 5.96. The van der Waals surface area contributed by atoms with Gasteiger partial charge in [-0.25, -0.2) is 4.58 Å². The van der Waals surface area contributed by atoms with Crippen molar-refractivity contribution in [3.8, 4) is 0 Å². The van der Waals surface area contributed by atoms with Crippen LogP contribution in [0, 0.1) is 22.7 Å². The van der Waals surface area contributed by atoms with Crippen LogP contribution in [-0.2, 0) is 0 Å². The maximum atomic E-state index is 2.59. The number of hydrogen-bond acceptors (Lipinski definition) is 1. The summed E-state index contributed by atoms with van der Waals surface area (Å²) in [5.41, 5.74) is 3.64. The average Bonchev–Trinajstić information content (AvgIpc) is 3.02. The van der Waals surface area contributed by atoms with E-state index in [4.69, 9.17) is 0 Å². The number of rotatable bonds is 3. The highest BCUT2D eigenvalue weighted by atomic mass is 15.2. The van der Waals surface area contributed by atoms with E-state index in [0.717, 1.165) is 23.9 Å². The Labute approximate surface area is 179 Å². The molecule has 0 N–H and O–H groups in total. The first-order valence-electron chi connectivity index (χ1n) is 12.1. The highest BCUT2D eigenvalue weighted by Gasteiger charge is 2.53. The molecular formula is C27H43N2+. The maximum Gasteiger partial charge on any atom is 0.182 e. The van der Waals surface area contributed by atoms with Crippen molar-refractivity contribution < 1.29 is 4.58 Å². The lowest BCUT2D eigenvalue weighted by atomic mass is 9.69. The Hall–Kier alpha value is -1.31. The van der Waals surface area contributed by atoms with Crippen molar-refractivity contribution in [3.63, 3.8) is 0 Å². The average molecular weight is 396 g/mol. The van der Waals surface area contributed by atoms with E-state index < -0.39 is 0 Å². The van der Waals surface area contributed by atoms with E-state index in [9.17, 15) is 0 Å². The van der Waals surface area contributed by atoms with Crippen molar-refractivity contribution >= 4 is 5.71 Å². The molecule has 2 heterocycles. The fraction of sp³-hybridized carbons (Fsp3) is 0.741. The zero-order valence-corrected chi connectivity index (χ0v) is 19.7. The van der Waals surface area contributed by atoms with Gasteiger partial charge in [-0.1, -0.05) is 51.3 Å². The first-order chi connectivity index (χ1) is 13.8. The van der Waals surface area contributed by atoms with Crippen LogP contribution in [0.3, 0.4) is 0 Å². The van der Waals surface area contributed by atoms with Crippen LogP contribution in [0.5, 0.6) is 0 Å². The van der Waals surface area contributed by atoms with Gasteiger partial charge in [0.1, 0.15) is 7.05 Å². The maximum absolute atomic E-state index is 2.59. The van der Waals surface area contributed by atoms with E-state index in [1.807, 2.05) is 0 Å². The summed E-state index contributed by atoms with van der Waals surface area (Å²) in [4.78, 5) is 2.59. The minimum absolute atomic E-state index is 0.298.